The molecule has 0 bridgehead atoms. The molecule has 1 amide bonds. The Morgan fingerprint density at radius 1 is 1.46 bits per heavy atom. The number of fused-ring (bicyclic) bond motifs is 1. The van der Waals surface area contributed by atoms with Gasteiger partial charge in [-0.3, -0.25) is 9.48 Å². The maximum absolute atomic E-state index is 12.7. The standard InChI is InChI=1S/C18H24N6O2/c1-23-8-13(7-21-23)5-17(25)24-9-14-3-4-18(14,11-24)22-16-6-15(10-26-2)19-12-20-16/h6-8,12,14H,3-5,9-11H2,1-2H3,(H,19,20,22). The van der Waals surface area contributed by atoms with Crippen molar-refractivity contribution in [2.75, 3.05) is 25.5 Å². The quantitative estimate of drug-likeness (QED) is 0.831. The van der Waals surface area contributed by atoms with E-state index < -0.39 is 0 Å². The monoisotopic (exact) mass is 356 g/mol. The second-order valence-corrected chi connectivity index (χ2v) is 7.32. The number of hydrogen-bond donors (Lipinski definition) is 1. The molecule has 0 radical (unpaired) electrons. The zero-order valence-corrected chi connectivity index (χ0v) is 15.2. The summed E-state index contributed by atoms with van der Waals surface area (Å²) in [4.78, 5) is 23.2. The van der Waals surface area contributed by atoms with E-state index in [0.717, 1.165) is 43.0 Å². The number of aryl methyl sites for hydroxylation is 1. The fourth-order valence-electron chi connectivity index (χ4n) is 4.03. The molecule has 3 heterocycles. The van der Waals surface area contributed by atoms with E-state index in [1.54, 1.807) is 24.3 Å². The zero-order valence-electron chi connectivity index (χ0n) is 15.2. The molecule has 0 spiro atoms. The molecule has 1 saturated heterocycles. The average molecular weight is 356 g/mol. The van der Waals surface area contributed by atoms with Gasteiger partial charge in [0.15, 0.2) is 0 Å². The molecule has 138 valence electrons. The highest BCUT2D eigenvalue weighted by Crippen LogP contribution is 2.46. The van der Waals surface area contributed by atoms with Crippen molar-refractivity contribution >= 4 is 11.7 Å². The molecule has 2 aromatic rings. The van der Waals surface area contributed by atoms with E-state index in [1.807, 2.05) is 24.2 Å². The van der Waals surface area contributed by atoms with Crippen LogP contribution in [0, 0.1) is 5.92 Å². The summed E-state index contributed by atoms with van der Waals surface area (Å²) < 4.78 is 6.87. The van der Waals surface area contributed by atoms with E-state index in [1.165, 1.54) is 0 Å². The van der Waals surface area contributed by atoms with Gasteiger partial charge >= 0.3 is 0 Å². The molecule has 4 rings (SSSR count). The van der Waals surface area contributed by atoms with Gasteiger partial charge in [0.05, 0.1) is 30.5 Å². The van der Waals surface area contributed by atoms with Gasteiger partial charge in [-0.25, -0.2) is 9.97 Å². The Kier molecular flexibility index (Phi) is 4.36. The minimum Gasteiger partial charge on any atom is -0.378 e. The van der Waals surface area contributed by atoms with Crippen LogP contribution in [0.3, 0.4) is 0 Å². The van der Waals surface area contributed by atoms with Gasteiger partial charge in [-0.15, -0.1) is 0 Å². The molecule has 1 N–H and O–H groups in total. The Bertz CT molecular complexity index is 806. The number of amides is 1. The number of nitrogens with one attached hydrogen (secondary N) is 1. The highest BCUT2D eigenvalue weighted by molar-refractivity contribution is 5.79. The van der Waals surface area contributed by atoms with Crippen molar-refractivity contribution in [1.29, 1.82) is 0 Å². The normalized spacial score (nSPS) is 24.2. The molecule has 2 atom stereocenters. The van der Waals surface area contributed by atoms with Crippen molar-refractivity contribution in [2.45, 2.75) is 31.4 Å². The third-order valence-electron chi connectivity index (χ3n) is 5.49. The fourth-order valence-corrected chi connectivity index (χ4v) is 4.03. The number of likely N-dealkylation sites (tertiary alicyclic amines) is 1. The second kappa shape index (κ2) is 6.68. The number of ether oxygens (including phenoxy) is 1. The molecule has 0 aromatic carbocycles. The Hall–Kier alpha value is -2.48. The van der Waals surface area contributed by atoms with Crippen LogP contribution in [0.5, 0.6) is 0 Å². The summed E-state index contributed by atoms with van der Waals surface area (Å²) in [6, 6.07) is 1.92. The second-order valence-electron chi connectivity index (χ2n) is 7.32. The minimum atomic E-state index is -0.0662. The third-order valence-corrected chi connectivity index (χ3v) is 5.49. The highest BCUT2D eigenvalue weighted by Gasteiger charge is 2.54. The smallest absolute Gasteiger partial charge is 0.227 e. The number of aromatic nitrogens is 4. The summed E-state index contributed by atoms with van der Waals surface area (Å²) >= 11 is 0. The molecule has 8 nitrogen and oxygen atoms in total. The Balaban J connectivity index is 1.43. The maximum atomic E-state index is 12.7. The van der Waals surface area contributed by atoms with Crippen molar-refractivity contribution < 1.29 is 9.53 Å². The van der Waals surface area contributed by atoms with Gasteiger partial charge in [0.1, 0.15) is 12.1 Å². The van der Waals surface area contributed by atoms with Crippen LogP contribution in [0.25, 0.3) is 0 Å². The molecule has 26 heavy (non-hydrogen) atoms. The van der Waals surface area contributed by atoms with Gasteiger partial charge < -0.3 is 15.0 Å². The van der Waals surface area contributed by atoms with Crippen LogP contribution in [0.15, 0.2) is 24.8 Å². The molecule has 1 aliphatic heterocycles. The SMILES string of the molecule is COCc1cc(NC23CCC2CN(C(=O)Cc2cnn(C)c2)C3)ncn1. The highest BCUT2D eigenvalue weighted by atomic mass is 16.5. The Labute approximate surface area is 152 Å². The first kappa shape index (κ1) is 17.0. The first-order valence-corrected chi connectivity index (χ1v) is 8.91. The number of anilines is 1. The maximum Gasteiger partial charge on any atom is 0.227 e. The first-order valence-electron chi connectivity index (χ1n) is 8.91. The van der Waals surface area contributed by atoms with Crippen molar-refractivity contribution in [3.63, 3.8) is 0 Å². The van der Waals surface area contributed by atoms with E-state index in [0.29, 0.717) is 18.9 Å². The predicted molar refractivity (Wildman–Crippen MR) is 95.3 cm³/mol. The fraction of sp³-hybridized carbons (Fsp3) is 0.556. The summed E-state index contributed by atoms with van der Waals surface area (Å²) in [5.41, 5.74) is 1.74. The average Bonchev–Trinajstić information content (AvgIpc) is 3.11. The molecule has 8 heteroatoms. The summed E-state index contributed by atoms with van der Waals surface area (Å²) in [6.07, 6.45) is 7.81. The topological polar surface area (TPSA) is 85.2 Å². The van der Waals surface area contributed by atoms with Gasteiger partial charge in [-0.05, 0) is 18.4 Å². The van der Waals surface area contributed by atoms with Gasteiger partial charge in [0.25, 0.3) is 0 Å². The van der Waals surface area contributed by atoms with Gasteiger partial charge in [-0.1, -0.05) is 0 Å². The van der Waals surface area contributed by atoms with E-state index in [-0.39, 0.29) is 11.4 Å². The Morgan fingerprint density at radius 2 is 2.35 bits per heavy atom. The summed E-state index contributed by atoms with van der Waals surface area (Å²) in [5.74, 6) is 1.44. The number of hydrogen-bond acceptors (Lipinski definition) is 6. The molecular weight excluding hydrogens is 332 g/mol. The Morgan fingerprint density at radius 3 is 3.04 bits per heavy atom. The number of nitrogens with zero attached hydrogens (tertiary/aromatic N) is 5. The van der Waals surface area contributed by atoms with Crippen molar-refractivity contribution in [1.82, 2.24) is 24.6 Å². The molecule has 1 aliphatic carbocycles. The lowest BCUT2D eigenvalue weighted by Crippen LogP contribution is -2.53. The van der Waals surface area contributed by atoms with Crippen LogP contribution < -0.4 is 5.32 Å². The van der Waals surface area contributed by atoms with Crippen molar-refractivity contribution in [2.24, 2.45) is 13.0 Å². The van der Waals surface area contributed by atoms with Crippen molar-refractivity contribution in [3.8, 4) is 0 Å². The van der Waals surface area contributed by atoms with Gasteiger partial charge in [0, 0.05) is 45.4 Å². The number of rotatable bonds is 6. The lowest BCUT2D eigenvalue weighted by molar-refractivity contribution is -0.129. The third kappa shape index (κ3) is 3.16. The van der Waals surface area contributed by atoms with Gasteiger partial charge in [-0.2, -0.15) is 5.10 Å². The van der Waals surface area contributed by atoms with E-state index in [9.17, 15) is 4.79 Å². The number of methoxy groups -OCH3 is 1. The van der Waals surface area contributed by atoms with E-state index in [2.05, 4.69) is 20.4 Å². The largest absolute Gasteiger partial charge is 0.378 e. The molecule has 2 aromatic heterocycles. The summed E-state index contributed by atoms with van der Waals surface area (Å²) in [7, 11) is 3.51. The first-order chi connectivity index (χ1) is 12.6. The number of carbonyl (C=O) groups excluding carboxylic acids is 1. The molecular formula is C18H24N6O2. The summed E-state index contributed by atoms with van der Waals surface area (Å²) in [5, 5.41) is 7.73. The molecule has 2 unspecified atom stereocenters. The van der Waals surface area contributed by atoms with Crippen LogP contribution in [0.1, 0.15) is 24.1 Å². The van der Waals surface area contributed by atoms with Crippen LogP contribution in [-0.2, 0) is 29.6 Å². The lowest BCUT2D eigenvalue weighted by Gasteiger charge is -2.44. The molecule has 2 aliphatic rings. The predicted octanol–water partition coefficient (Wildman–Crippen LogP) is 1.00. The van der Waals surface area contributed by atoms with Crippen LogP contribution >= 0.6 is 0 Å². The zero-order chi connectivity index (χ0) is 18.1. The summed E-state index contributed by atoms with van der Waals surface area (Å²) in [6.45, 7) is 1.99. The number of carbonyl (C=O) groups is 1. The van der Waals surface area contributed by atoms with Gasteiger partial charge in [0.2, 0.25) is 5.91 Å². The van der Waals surface area contributed by atoms with Crippen LogP contribution in [0.4, 0.5) is 5.82 Å². The van der Waals surface area contributed by atoms with E-state index >= 15 is 0 Å². The minimum absolute atomic E-state index is 0.0662. The lowest BCUT2D eigenvalue weighted by atomic mass is 9.69. The van der Waals surface area contributed by atoms with Crippen LogP contribution in [-0.4, -0.2) is 56.3 Å². The van der Waals surface area contributed by atoms with Crippen molar-refractivity contribution in [3.05, 3.63) is 36.0 Å². The molecule has 2 fully saturated rings. The van der Waals surface area contributed by atoms with Crippen LogP contribution in [0.2, 0.25) is 0 Å². The molecule has 1 saturated carbocycles. The van der Waals surface area contributed by atoms with E-state index in [4.69, 9.17) is 4.74 Å².